The number of aromatic nitrogens is 2. The molecule has 1 aromatic heterocycles. The van der Waals surface area contributed by atoms with Gasteiger partial charge in [-0.25, -0.2) is 4.39 Å². The summed E-state index contributed by atoms with van der Waals surface area (Å²) in [5, 5.41) is 6.96. The normalized spacial score (nSPS) is 11.6. The minimum Gasteiger partial charge on any atom is -0.495 e. The van der Waals surface area contributed by atoms with Gasteiger partial charge < -0.3 is 14.8 Å². The Balaban J connectivity index is 1.81. The van der Waals surface area contributed by atoms with E-state index in [1.807, 2.05) is 13.0 Å². The van der Waals surface area contributed by atoms with Crippen LogP contribution >= 0.6 is 0 Å². The fraction of sp³-hybridized carbons (Fsp3) is 0.227. The van der Waals surface area contributed by atoms with E-state index >= 15 is 0 Å². The first-order chi connectivity index (χ1) is 14.4. The summed E-state index contributed by atoms with van der Waals surface area (Å²) in [6.07, 6.45) is -0.473. The molecule has 2 aromatic carbocycles. The molecular formula is C22H22FN3O4. The number of hydrogen-bond acceptors (Lipinski definition) is 5. The van der Waals surface area contributed by atoms with Crippen LogP contribution in [0.2, 0.25) is 0 Å². The predicted molar refractivity (Wildman–Crippen MR) is 111 cm³/mol. The molecule has 3 aromatic rings. The molecule has 0 unspecified atom stereocenters. The van der Waals surface area contributed by atoms with Crippen LogP contribution in [0.25, 0.3) is 5.69 Å². The van der Waals surface area contributed by atoms with E-state index in [1.54, 1.807) is 19.1 Å². The second-order valence-electron chi connectivity index (χ2n) is 6.61. The van der Waals surface area contributed by atoms with Gasteiger partial charge in [0.2, 0.25) is 5.88 Å². The van der Waals surface area contributed by atoms with Crippen molar-refractivity contribution in [2.24, 2.45) is 0 Å². The summed E-state index contributed by atoms with van der Waals surface area (Å²) >= 11 is 0. The molecule has 30 heavy (non-hydrogen) atoms. The Morgan fingerprint density at radius 1 is 1.17 bits per heavy atom. The van der Waals surface area contributed by atoms with E-state index in [0.717, 1.165) is 10.2 Å². The zero-order valence-corrected chi connectivity index (χ0v) is 16.9. The molecule has 0 saturated heterocycles. The Kier molecular flexibility index (Phi) is 6.46. The number of aryl methyl sites for hydroxylation is 1. The number of benzene rings is 2. The van der Waals surface area contributed by atoms with Crippen molar-refractivity contribution in [3.05, 3.63) is 76.3 Å². The first-order valence-electron chi connectivity index (χ1n) is 9.39. The molecule has 0 spiro atoms. The van der Waals surface area contributed by atoms with Crippen LogP contribution in [0.5, 0.6) is 11.6 Å². The molecule has 0 saturated carbocycles. The minimum absolute atomic E-state index is 0.0946. The van der Waals surface area contributed by atoms with Gasteiger partial charge in [-0.1, -0.05) is 13.0 Å². The van der Waals surface area contributed by atoms with Gasteiger partial charge in [0.05, 0.1) is 18.5 Å². The second-order valence-corrected chi connectivity index (χ2v) is 6.61. The lowest BCUT2D eigenvalue weighted by atomic mass is 10.2. The summed E-state index contributed by atoms with van der Waals surface area (Å²) in [6.45, 7) is 3.71. The van der Waals surface area contributed by atoms with Crippen molar-refractivity contribution in [1.29, 1.82) is 0 Å². The number of ether oxygens (including phenoxy) is 2. The van der Waals surface area contributed by atoms with Gasteiger partial charge in [0, 0.05) is 12.1 Å². The lowest BCUT2D eigenvalue weighted by molar-refractivity contribution is -0.123. The minimum atomic E-state index is -0.845. The molecule has 7 nitrogen and oxygen atoms in total. The van der Waals surface area contributed by atoms with Gasteiger partial charge in [-0.2, -0.15) is 4.68 Å². The van der Waals surface area contributed by atoms with Crippen molar-refractivity contribution in [2.75, 3.05) is 12.4 Å². The SMILES string of the molecule is CC[C@H](Oc1ccc(=O)n(-c2ccc(F)cc2)n1)C(=O)Nc1cc(C)ccc1OC. The summed E-state index contributed by atoms with van der Waals surface area (Å²) in [5.74, 6) is -0.167. The van der Waals surface area contributed by atoms with Gasteiger partial charge in [-0.15, -0.1) is 5.10 Å². The zero-order chi connectivity index (χ0) is 21.7. The van der Waals surface area contributed by atoms with Crippen LogP contribution < -0.4 is 20.3 Å². The number of methoxy groups -OCH3 is 1. The summed E-state index contributed by atoms with van der Waals surface area (Å²) in [6, 6.07) is 13.5. The molecule has 3 rings (SSSR count). The summed E-state index contributed by atoms with van der Waals surface area (Å²) in [7, 11) is 1.52. The molecule has 1 amide bonds. The molecule has 0 radical (unpaired) electrons. The average molecular weight is 411 g/mol. The number of nitrogens with zero attached hydrogens (tertiary/aromatic N) is 2. The number of hydrogen-bond donors (Lipinski definition) is 1. The molecule has 156 valence electrons. The Labute approximate surface area is 173 Å². The second kappa shape index (κ2) is 9.21. The highest BCUT2D eigenvalue weighted by Gasteiger charge is 2.21. The number of carbonyl (C=O) groups excluding carboxylic acids is 1. The Morgan fingerprint density at radius 2 is 1.90 bits per heavy atom. The average Bonchev–Trinajstić information content (AvgIpc) is 2.74. The lowest BCUT2D eigenvalue weighted by Crippen LogP contribution is -2.33. The van der Waals surface area contributed by atoms with Crippen LogP contribution in [0.4, 0.5) is 10.1 Å². The quantitative estimate of drug-likeness (QED) is 0.644. The van der Waals surface area contributed by atoms with Crippen LogP contribution in [-0.2, 0) is 4.79 Å². The van der Waals surface area contributed by atoms with E-state index in [0.29, 0.717) is 23.5 Å². The number of carbonyl (C=O) groups is 1. The molecule has 8 heteroatoms. The Morgan fingerprint density at radius 3 is 2.57 bits per heavy atom. The molecule has 0 aliphatic heterocycles. The Hall–Kier alpha value is -3.68. The van der Waals surface area contributed by atoms with E-state index in [9.17, 15) is 14.0 Å². The highest BCUT2D eigenvalue weighted by Crippen LogP contribution is 2.25. The fourth-order valence-corrected chi connectivity index (χ4v) is 2.83. The number of anilines is 1. The third kappa shape index (κ3) is 4.83. The maximum Gasteiger partial charge on any atom is 0.271 e. The molecule has 0 bridgehead atoms. The van der Waals surface area contributed by atoms with Crippen molar-refractivity contribution < 1.29 is 18.7 Å². The van der Waals surface area contributed by atoms with Crippen LogP contribution in [0, 0.1) is 12.7 Å². The molecule has 0 aliphatic carbocycles. The van der Waals surface area contributed by atoms with Gasteiger partial charge >= 0.3 is 0 Å². The molecule has 0 fully saturated rings. The summed E-state index contributed by atoms with van der Waals surface area (Å²) in [4.78, 5) is 24.9. The largest absolute Gasteiger partial charge is 0.495 e. The first-order valence-corrected chi connectivity index (χ1v) is 9.39. The summed E-state index contributed by atoms with van der Waals surface area (Å²) in [5.41, 5.74) is 1.48. The lowest BCUT2D eigenvalue weighted by Gasteiger charge is -2.18. The van der Waals surface area contributed by atoms with E-state index in [4.69, 9.17) is 9.47 Å². The van der Waals surface area contributed by atoms with E-state index < -0.39 is 17.5 Å². The van der Waals surface area contributed by atoms with Gasteiger partial charge in [-0.3, -0.25) is 9.59 Å². The van der Waals surface area contributed by atoms with E-state index in [2.05, 4.69) is 10.4 Å². The standard InChI is InChI=1S/C22H22FN3O4/c1-4-18(22(28)24-17-13-14(2)5-10-19(17)29-3)30-20-11-12-21(27)26(25-20)16-8-6-15(23)7-9-16/h5-13,18H,4H2,1-3H3,(H,24,28)/t18-/m0/s1. The van der Waals surface area contributed by atoms with Crippen LogP contribution in [0.15, 0.2) is 59.4 Å². The number of nitrogens with one attached hydrogen (secondary N) is 1. The third-order valence-electron chi connectivity index (χ3n) is 4.39. The molecule has 1 N–H and O–H groups in total. The Bertz CT molecular complexity index is 1100. The van der Waals surface area contributed by atoms with Crippen molar-refractivity contribution in [3.8, 4) is 17.3 Å². The monoisotopic (exact) mass is 411 g/mol. The van der Waals surface area contributed by atoms with E-state index in [1.165, 1.54) is 43.5 Å². The van der Waals surface area contributed by atoms with Crippen LogP contribution in [0.1, 0.15) is 18.9 Å². The maximum atomic E-state index is 13.2. The molecular weight excluding hydrogens is 389 g/mol. The topological polar surface area (TPSA) is 82.5 Å². The maximum absolute atomic E-state index is 13.2. The first kappa shape index (κ1) is 21.0. The predicted octanol–water partition coefficient (Wildman–Crippen LogP) is 3.48. The van der Waals surface area contributed by atoms with Gasteiger partial charge in [0.15, 0.2) is 6.10 Å². The molecule has 1 atom stereocenters. The number of halogens is 1. The van der Waals surface area contributed by atoms with E-state index in [-0.39, 0.29) is 11.8 Å². The van der Waals surface area contributed by atoms with Crippen molar-refractivity contribution in [3.63, 3.8) is 0 Å². The summed E-state index contributed by atoms with van der Waals surface area (Å²) < 4.78 is 25.3. The molecule has 1 heterocycles. The van der Waals surface area contributed by atoms with Crippen molar-refractivity contribution in [1.82, 2.24) is 9.78 Å². The van der Waals surface area contributed by atoms with Gasteiger partial charge in [0.25, 0.3) is 11.5 Å². The number of rotatable bonds is 7. The van der Waals surface area contributed by atoms with Gasteiger partial charge in [0.1, 0.15) is 11.6 Å². The van der Waals surface area contributed by atoms with Crippen LogP contribution in [0.3, 0.4) is 0 Å². The number of amides is 1. The fourth-order valence-electron chi connectivity index (χ4n) is 2.83. The zero-order valence-electron chi connectivity index (χ0n) is 16.9. The smallest absolute Gasteiger partial charge is 0.271 e. The highest BCUT2D eigenvalue weighted by atomic mass is 19.1. The molecule has 0 aliphatic rings. The van der Waals surface area contributed by atoms with Crippen LogP contribution in [-0.4, -0.2) is 28.9 Å². The van der Waals surface area contributed by atoms with Gasteiger partial charge in [-0.05, 0) is 55.3 Å². The third-order valence-corrected chi connectivity index (χ3v) is 4.39. The van der Waals surface area contributed by atoms with Crippen molar-refractivity contribution in [2.45, 2.75) is 26.4 Å². The van der Waals surface area contributed by atoms with Crippen molar-refractivity contribution >= 4 is 11.6 Å². The highest BCUT2D eigenvalue weighted by molar-refractivity contribution is 5.95.